The van der Waals surface area contributed by atoms with Crippen LogP contribution < -0.4 is 5.32 Å². The first-order chi connectivity index (χ1) is 8.55. The Morgan fingerprint density at radius 3 is 2.28 bits per heavy atom. The van der Waals surface area contributed by atoms with Crippen LogP contribution in [0.25, 0.3) is 0 Å². The Kier molecular flexibility index (Phi) is 3.68. The summed E-state index contributed by atoms with van der Waals surface area (Å²) in [4.78, 5) is 36.4. The summed E-state index contributed by atoms with van der Waals surface area (Å²) in [5, 5.41) is 2.83. The summed E-state index contributed by atoms with van der Waals surface area (Å²) in [6.07, 6.45) is 6.74. The number of hydrogen-bond donors (Lipinski definition) is 1. The molecule has 1 saturated carbocycles. The smallest absolute Gasteiger partial charge is 0.323 e. The number of nitrogens with one attached hydrogen (secondary N) is 1. The first-order valence-electron chi connectivity index (χ1n) is 6.69. The van der Waals surface area contributed by atoms with Gasteiger partial charge in [-0.05, 0) is 19.8 Å². The van der Waals surface area contributed by atoms with Gasteiger partial charge in [0.05, 0.1) is 6.54 Å². The van der Waals surface area contributed by atoms with Gasteiger partial charge in [0.1, 0.15) is 11.3 Å². The molecule has 1 aliphatic carbocycles. The van der Waals surface area contributed by atoms with Crippen molar-refractivity contribution in [1.29, 1.82) is 0 Å². The van der Waals surface area contributed by atoms with Gasteiger partial charge in [-0.2, -0.15) is 0 Å². The van der Waals surface area contributed by atoms with Gasteiger partial charge in [-0.15, -0.1) is 0 Å². The number of hydrogen-bond acceptors (Lipinski definition) is 3. The van der Waals surface area contributed by atoms with E-state index in [1.165, 1.54) is 13.3 Å². The number of carbonyl (C=O) groups excluding carboxylic acids is 3. The topological polar surface area (TPSA) is 66.5 Å². The molecule has 1 spiro atoms. The molecule has 0 aromatic carbocycles. The SMILES string of the molecule is CC(=O)CN1C(=O)NC2(CCCCCCC2)C1=O. The van der Waals surface area contributed by atoms with Crippen molar-refractivity contribution in [3.05, 3.63) is 0 Å². The lowest BCUT2D eigenvalue weighted by Crippen LogP contribution is -2.47. The quantitative estimate of drug-likeness (QED) is 0.759. The van der Waals surface area contributed by atoms with Crippen molar-refractivity contribution in [2.24, 2.45) is 0 Å². The lowest BCUT2D eigenvalue weighted by Gasteiger charge is -2.28. The molecule has 5 heteroatoms. The Bertz CT molecular complexity index is 370. The van der Waals surface area contributed by atoms with Gasteiger partial charge < -0.3 is 5.32 Å². The summed E-state index contributed by atoms with van der Waals surface area (Å²) in [6.45, 7) is 1.29. The van der Waals surface area contributed by atoms with Crippen molar-refractivity contribution >= 4 is 17.7 Å². The lowest BCUT2D eigenvalue weighted by atomic mass is 9.84. The molecule has 0 bridgehead atoms. The highest BCUT2D eigenvalue weighted by Gasteiger charge is 2.50. The number of nitrogens with zero attached hydrogens (tertiary/aromatic N) is 1. The highest BCUT2D eigenvalue weighted by molar-refractivity contribution is 6.09. The fourth-order valence-corrected chi connectivity index (χ4v) is 2.89. The number of ketones is 1. The summed E-state index contributed by atoms with van der Waals surface area (Å²) in [5.41, 5.74) is -0.729. The van der Waals surface area contributed by atoms with Crippen molar-refractivity contribution in [3.63, 3.8) is 0 Å². The summed E-state index contributed by atoms with van der Waals surface area (Å²) in [6, 6.07) is -0.407. The fourth-order valence-electron chi connectivity index (χ4n) is 2.89. The van der Waals surface area contributed by atoms with Crippen LogP contribution in [-0.2, 0) is 9.59 Å². The van der Waals surface area contributed by atoms with Gasteiger partial charge in [0, 0.05) is 0 Å². The van der Waals surface area contributed by atoms with E-state index in [0.717, 1.165) is 30.6 Å². The Hall–Kier alpha value is -1.39. The summed E-state index contributed by atoms with van der Waals surface area (Å²) >= 11 is 0. The third kappa shape index (κ3) is 2.40. The van der Waals surface area contributed by atoms with Crippen LogP contribution in [0.1, 0.15) is 51.9 Å². The van der Waals surface area contributed by atoms with E-state index in [1.54, 1.807) is 0 Å². The zero-order valence-corrected chi connectivity index (χ0v) is 10.8. The average molecular weight is 252 g/mol. The van der Waals surface area contributed by atoms with E-state index in [0.29, 0.717) is 12.8 Å². The summed E-state index contributed by atoms with van der Waals surface area (Å²) in [7, 11) is 0. The van der Waals surface area contributed by atoms with Crippen LogP contribution >= 0.6 is 0 Å². The van der Waals surface area contributed by atoms with E-state index in [2.05, 4.69) is 5.32 Å². The Labute approximate surface area is 107 Å². The van der Waals surface area contributed by atoms with Gasteiger partial charge in [0.2, 0.25) is 0 Å². The second kappa shape index (κ2) is 5.08. The number of urea groups is 1. The molecular weight excluding hydrogens is 232 g/mol. The first kappa shape index (κ1) is 13.1. The molecule has 0 aromatic heterocycles. The minimum atomic E-state index is -0.729. The van der Waals surface area contributed by atoms with E-state index in [-0.39, 0.29) is 18.2 Å². The number of Topliss-reactive ketones (excluding diaryl/α,β-unsaturated/α-hetero) is 1. The van der Waals surface area contributed by atoms with Crippen molar-refractivity contribution in [1.82, 2.24) is 10.2 Å². The van der Waals surface area contributed by atoms with Crippen molar-refractivity contribution in [2.75, 3.05) is 6.54 Å². The molecule has 3 amide bonds. The molecule has 0 unspecified atom stereocenters. The van der Waals surface area contributed by atoms with E-state index < -0.39 is 11.6 Å². The fraction of sp³-hybridized carbons (Fsp3) is 0.769. The third-order valence-electron chi connectivity index (χ3n) is 3.83. The zero-order valence-electron chi connectivity index (χ0n) is 10.8. The maximum absolute atomic E-state index is 12.4. The van der Waals surface area contributed by atoms with Gasteiger partial charge in [-0.3, -0.25) is 14.5 Å². The third-order valence-corrected chi connectivity index (χ3v) is 3.83. The minimum Gasteiger partial charge on any atom is -0.323 e. The zero-order chi connectivity index (χ0) is 13.2. The second-order valence-electron chi connectivity index (χ2n) is 5.37. The van der Waals surface area contributed by atoms with E-state index in [4.69, 9.17) is 0 Å². The molecule has 1 saturated heterocycles. The summed E-state index contributed by atoms with van der Waals surface area (Å²) < 4.78 is 0. The molecule has 2 rings (SSSR count). The Balaban J connectivity index is 2.15. The van der Waals surface area contributed by atoms with Gasteiger partial charge in [0.15, 0.2) is 0 Å². The van der Waals surface area contributed by atoms with Crippen LogP contribution in [0, 0.1) is 0 Å². The van der Waals surface area contributed by atoms with Crippen molar-refractivity contribution < 1.29 is 14.4 Å². The van der Waals surface area contributed by atoms with E-state index in [1.807, 2.05) is 0 Å². The van der Waals surface area contributed by atoms with Crippen LogP contribution in [-0.4, -0.2) is 34.7 Å². The van der Waals surface area contributed by atoms with Crippen molar-refractivity contribution in [3.8, 4) is 0 Å². The molecular formula is C13H20N2O3. The van der Waals surface area contributed by atoms with Crippen LogP contribution in [0.5, 0.6) is 0 Å². The number of amides is 3. The molecule has 0 aromatic rings. The molecule has 100 valence electrons. The molecule has 0 atom stereocenters. The van der Waals surface area contributed by atoms with Gasteiger partial charge in [-0.25, -0.2) is 4.79 Å². The van der Waals surface area contributed by atoms with Crippen molar-refractivity contribution in [2.45, 2.75) is 57.4 Å². The summed E-state index contributed by atoms with van der Waals surface area (Å²) in [5.74, 6) is -0.369. The van der Waals surface area contributed by atoms with Gasteiger partial charge >= 0.3 is 6.03 Å². The highest BCUT2D eigenvalue weighted by Crippen LogP contribution is 2.31. The van der Waals surface area contributed by atoms with Gasteiger partial charge in [-0.1, -0.05) is 32.1 Å². The van der Waals surface area contributed by atoms with Crippen LogP contribution in [0.15, 0.2) is 0 Å². The van der Waals surface area contributed by atoms with Gasteiger partial charge in [0.25, 0.3) is 5.91 Å². The minimum absolute atomic E-state index is 0.105. The largest absolute Gasteiger partial charge is 0.325 e. The number of rotatable bonds is 2. The number of imide groups is 1. The van der Waals surface area contributed by atoms with E-state index >= 15 is 0 Å². The monoisotopic (exact) mass is 252 g/mol. The molecule has 18 heavy (non-hydrogen) atoms. The predicted molar refractivity (Wildman–Crippen MR) is 66.0 cm³/mol. The Morgan fingerprint density at radius 2 is 1.72 bits per heavy atom. The van der Waals surface area contributed by atoms with Crippen LogP contribution in [0.3, 0.4) is 0 Å². The molecule has 1 aliphatic heterocycles. The molecule has 1 heterocycles. The molecule has 2 fully saturated rings. The highest BCUT2D eigenvalue weighted by atomic mass is 16.2. The number of carbonyl (C=O) groups is 3. The second-order valence-corrected chi connectivity index (χ2v) is 5.37. The Morgan fingerprint density at radius 1 is 1.17 bits per heavy atom. The van der Waals surface area contributed by atoms with E-state index in [9.17, 15) is 14.4 Å². The molecule has 1 N–H and O–H groups in total. The average Bonchev–Trinajstić information content (AvgIpc) is 2.49. The predicted octanol–water partition coefficient (Wildman–Crippen LogP) is 1.61. The maximum atomic E-state index is 12.4. The standard InChI is InChI=1S/C13H20N2O3/c1-10(16)9-15-11(17)13(14-12(15)18)7-5-3-2-4-6-8-13/h2-9H2,1H3,(H,14,18). The van der Waals surface area contributed by atoms with Crippen LogP contribution in [0.4, 0.5) is 4.79 Å². The molecule has 2 aliphatic rings. The molecule has 0 radical (unpaired) electrons. The van der Waals surface area contributed by atoms with Crippen LogP contribution in [0.2, 0.25) is 0 Å². The normalized spacial score (nSPS) is 23.7. The lowest BCUT2D eigenvalue weighted by molar-refractivity contribution is -0.134. The molecule has 5 nitrogen and oxygen atoms in total. The maximum Gasteiger partial charge on any atom is 0.325 e. The first-order valence-corrected chi connectivity index (χ1v) is 6.69.